The monoisotopic (exact) mass is 480 g/mol. The number of carbonyl (C=O) groups is 1. The number of benzene rings is 3. The fourth-order valence-electron chi connectivity index (χ4n) is 4.96. The van der Waals surface area contributed by atoms with Gasteiger partial charge in [0.25, 0.3) is 5.91 Å². The molecule has 0 bridgehead atoms. The molecule has 0 spiro atoms. The van der Waals surface area contributed by atoms with Crippen molar-refractivity contribution in [2.24, 2.45) is 0 Å². The van der Waals surface area contributed by atoms with E-state index in [9.17, 15) is 4.79 Å². The minimum atomic E-state index is -0.124. The zero-order valence-electron chi connectivity index (χ0n) is 19.8. The van der Waals surface area contributed by atoms with Gasteiger partial charge in [-0.1, -0.05) is 48.5 Å². The average molecular weight is 481 g/mol. The molecule has 1 aromatic heterocycles. The van der Waals surface area contributed by atoms with Crippen LogP contribution in [0, 0.1) is 0 Å². The first-order valence-corrected chi connectivity index (χ1v) is 13.0. The van der Waals surface area contributed by atoms with Crippen molar-refractivity contribution in [1.82, 2.24) is 14.8 Å². The van der Waals surface area contributed by atoms with Crippen LogP contribution in [0.2, 0.25) is 0 Å². The largest absolute Gasteiger partial charge is 0.304 e. The molecule has 1 aliphatic carbocycles. The quantitative estimate of drug-likeness (QED) is 0.367. The fraction of sp³-hybridized carbons (Fsp3) is 0.241. The summed E-state index contributed by atoms with van der Waals surface area (Å²) in [5, 5.41) is 5.61. The number of carbonyl (C=O) groups excluding carboxylic acids is 1. The topological polar surface area (TPSA) is 48.5 Å². The van der Waals surface area contributed by atoms with Gasteiger partial charge in [0.2, 0.25) is 0 Å². The summed E-state index contributed by atoms with van der Waals surface area (Å²) in [6.45, 7) is 5.31. The van der Waals surface area contributed by atoms with Crippen LogP contribution in [0.4, 0.5) is 5.13 Å². The number of hydrogen-bond acceptors (Lipinski definition) is 5. The number of hydrogen-bond donors (Lipinski definition) is 1. The summed E-state index contributed by atoms with van der Waals surface area (Å²) >= 11 is 1.46. The van der Waals surface area contributed by atoms with E-state index in [1.165, 1.54) is 39.2 Å². The third-order valence-electron chi connectivity index (χ3n) is 7.03. The highest BCUT2D eigenvalue weighted by Crippen LogP contribution is 2.38. The van der Waals surface area contributed by atoms with Gasteiger partial charge in [0.05, 0.1) is 5.69 Å². The summed E-state index contributed by atoms with van der Waals surface area (Å²) in [5.74, 6) is -0.124. The third-order valence-corrected chi connectivity index (χ3v) is 7.79. The van der Waals surface area contributed by atoms with Crippen LogP contribution in [-0.2, 0) is 13.0 Å². The van der Waals surface area contributed by atoms with Gasteiger partial charge in [0.15, 0.2) is 5.13 Å². The zero-order chi connectivity index (χ0) is 23.8. The minimum absolute atomic E-state index is 0.124. The van der Waals surface area contributed by atoms with Crippen LogP contribution in [0.1, 0.15) is 27.0 Å². The van der Waals surface area contributed by atoms with E-state index in [0.29, 0.717) is 10.7 Å². The first kappa shape index (κ1) is 22.2. The molecule has 2 heterocycles. The molecule has 1 amide bonds. The van der Waals surface area contributed by atoms with E-state index in [1.54, 1.807) is 0 Å². The number of thiazole rings is 1. The molecule has 1 fully saturated rings. The number of likely N-dealkylation sites (N-methyl/N-ethyl adjacent to an activating group) is 1. The number of anilines is 1. The molecule has 2 aliphatic rings. The molecule has 6 rings (SSSR count). The van der Waals surface area contributed by atoms with Crippen molar-refractivity contribution in [3.8, 4) is 22.4 Å². The molecule has 1 saturated heterocycles. The lowest BCUT2D eigenvalue weighted by Crippen LogP contribution is -2.43. The van der Waals surface area contributed by atoms with Crippen LogP contribution >= 0.6 is 11.3 Å². The van der Waals surface area contributed by atoms with Crippen LogP contribution in [0.15, 0.2) is 72.1 Å². The van der Waals surface area contributed by atoms with Crippen molar-refractivity contribution in [2.45, 2.75) is 13.0 Å². The van der Waals surface area contributed by atoms with E-state index < -0.39 is 0 Å². The number of amides is 1. The Morgan fingerprint density at radius 2 is 1.71 bits per heavy atom. The first-order valence-electron chi connectivity index (χ1n) is 12.1. The van der Waals surface area contributed by atoms with Crippen molar-refractivity contribution in [3.63, 3.8) is 0 Å². The number of piperazine rings is 1. The van der Waals surface area contributed by atoms with Crippen LogP contribution in [-0.4, -0.2) is 53.9 Å². The molecule has 176 valence electrons. The number of aromatic nitrogens is 1. The second-order valence-corrected chi connectivity index (χ2v) is 10.3. The Morgan fingerprint density at radius 3 is 2.54 bits per heavy atom. The minimum Gasteiger partial charge on any atom is -0.304 e. The molecule has 3 aromatic carbocycles. The van der Waals surface area contributed by atoms with E-state index in [0.717, 1.165) is 50.4 Å². The third kappa shape index (κ3) is 4.65. The van der Waals surface area contributed by atoms with Crippen molar-refractivity contribution >= 4 is 22.4 Å². The Hall–Kier alpha value is -3.32. The van der Waals surface area contributed by atoms with Crippen molar-refractivity contribution in [3.05, 3.63) is 94.4 Å². The molecule has 4 aromatic rings. The highest BCUT2D eigenvalue weighted by molar-refractivity contribution is 7.14. The number of nitrogens with one attached hydrogen (secondary N) is 1. The van der Waals surface area contributed by atoms with E-state index >= 15 is 0 Å². The summed E-state index contributed by atoms with van der Waals surface area (Å²) in [5.41, 5.74) is 9.21. The SMILES string of the molecule is CN1CCN(Cc2ccc(C(=O)Nc3nc(-c4ccc5c(c4)Cc4ccccc4-5)cs3)cc2)CC1. The summed E-state index contributed by atoms with van der Waals surface area (Å²) in [7, 11) is 2.17. The van der Waals surface area contributed by atoms with Crippen LogP contribution in [0.5, 0.6) is 0 Å². The van der Waals surface area contributed by atoms with Gasteiger partial charge in [-0.05, 0) is 59.5 Å². The lowest BCUT2D eigenvalue weighted by atomic mass is 10.0. The normalized spacial score (nSPS) is 15.6. The van der Waals surface area contributed by atoms with Crippen LogP contribution in [0.3, 0.4) is 0 Å². The van der Waals surface area contributed by atoms with Gasteiger partial charge in [0, 0.05) is 49.2 Å². The summed E-state index contributed by atoms with van der Waals surface area (Å²) in [6, 6.07) is 23.1. The maximum absolute atomic E-state index is 12.8. The maximum atomic E-state index is 12.8. The van der Waals surface area contributed by atoms with Gasteiger partial charge < -0.3 is 4.90 Å². The van der Waals surface area contributed by atoms with Crippen molar-refractivity contribution in [1.29, 1.82) is 0 Å². The summed E-state index contributed by atoms with van der Waals surface area (Å²) < 4.78 is 0. The van der Waals surface area contributed by atoms with Crippen molar-refractivity contribution < 1.29 is 4.79 Å². The van der Waals surface area contributed by atoms with Crippen molar-refractivity contribution in [2.75, 3.05) is 38.5 Å². The van der Waals surface area contributed by atoms with Gasteiger partial charge in [0.1, 0.15) is 0 Å². The first-order chi connectivity index (χ1) is 17.1. The molecular formula is C29H28N4OS. The Balaban J connectivity index is 1.10. The van der Waals surface area contributed by atoms with Gasteiger partial charge >= 0.3 is 0 Å². The van der Waals surface area contributed by atoms with E-state index in [-0.39, 0.29) is 5.91 Å². The Morgan fingerprint density at radius 1 is 0.943 bits per heavy atom. The molecule has 1 N–H and O–H groups in total. The molecule has 0 saturated carbocycles. The fourth-order valence-corrected chi connectivity index (χ4v) is 5.68. The Bertz CT molecular complexity index is 1370. The van der Waals surface area contributed by atoms with E-state index in [4.69, 9.17) is 4.98 Å². The highest BCUT2D eigenvalue weighted by Gasteiger charge is 2.19. The molecular weight excluding hydrogens is 452 g/mol. The van der Waals surface area contributed by atoms with E-state index in [2.05, 4.69) is 76.8 Å². The smallest absolute Gasteiger partial charge is 0.257 e. The number of nitrogens with zero attached hydrogens (tertiary/aromatic N) is 3. The lowest BCUT2D eigenvalue weighted by Gasteiger charge is -2.32. The summed E-state index contributed by atoms with van der Waals surface area (Å²) in [4.78, 5) is 22.3. The van der Waals surface area contributed by atoms with Gasteiger partial charge in [-0.25, -0.2) is 4.98 Å². The number of rotatable bonds is 5. The second-order valence-electron chi connectivity index (χ2n) is 9.47. The van der Waals surface area contributed by atoms with Crippen LogP contribution in [0.25, 0.3) is 22.4 Å². The van der Waals surface area contributed by atoms with Crippen LogP contribution < -0.4 is 5.32 Å². The molecule has 35 heavy (non-hydrogen) atoms. The predicted octanol–water partition coefficient (Wildman–Crippen LogP) is 5.38. The molecule has 6 heteroatoms. The highest BCUT2D eigenvalue weighted by atomic mass is 32.1. The molecule has 5 nitrogen and oxygen atoms in total. The molecule has 0 radical (unpaired) electrons. The van der Waals surface area contributed by atoms with E-state index in [1.807, 2.05) is 17.5 Å². The Kier molecular flexibility index (Phi) is 5.94. The summed E-state index contributed by atoms with van der Waals surface area (Å²) in [6.07, 6.45) is 0.956. The molecule has 0 atom stereocenters. The Labute approximate surface area is 210 Å². The zero-order valence-corrected chi connectivity index (χ0v) is 20.6. The maximum Gasteiger partial charge on any atom is 0.257 e. The standard InChI is InChI=1S/C29H28N4OS/c1-32-12-14-33(15-13-32)18-20-6-8-21(9-7-20)28(34)31-29-30-27(19-35-29)23-10-11-26-24(17-23)16-22-4-2-3-5-25(22)26/h2-11,17,19H,12-16,18H2,1H3,(H,30,31,34). The lowest BCUT2D eigenvalue weighted by molar-refractivity contribution is 0.102. The van der Waals surface area contributed by atoms with Gasteiger partial charge in [-0.2, -0.15) is 0 Å². The molecule has 1 aliphatic heterocycles. The van der Waals surface area contributed by atoms with Gasteiger partial charge in [-0.3, -0.25) is 15.0 Å². The van der Waals surface area contributed by atoms with Gasteiger partial charge in [-0.15, -0.1) is 11.3 Å². The second kappa shape index (κ2) is 9.38. The average Bonchev–Trinajstić information content (AvgIpc) is 3.50. The molecule has 0 unspecified atom stereocenters. The predicted molar refractivity (Wildman–Crippen MR) is 143 cm³/mol. The number of fused-ring (bicyclic) bond motifs is 3.